The van der Waals surface area contributed by atoms with E-state index in [9.17, 15) is 9.90 Å². The molecule has 0 radical (unpaired) electrons. The smallest absolute Gasteiger partial charge is 0.337 e. The van der Waals surface area contributed by atoms with Gasteiger partial charge in [0.15, 0.2) is 5.60 Å². The molecular weight excluding hydrogens is 328 g/mol. The number of aliphatic hydroxyl groups is 1. The number of hydrogen-bond donors (Lipinski definition) is 1. The molecule has 0 aromatic rings. The summed E-state index contributed by atoms with van der Waals surface area (Å²) in [6.07, 6.45) is 2.70. The number of allylic oxidation sites excluding steroid dienone is 1. The normalized spacial score (nSPS) is 44.0. The minimum atomic E-state index is -1.61. The first kappa shape index (κ1) is 20.3. The van der Waals surface area contributed by atoms with Gasteiger partial charge in [-0.3, -0.25) is 0 Å². The van der Waals surface area contributed by atoms with Crippen molar-refractivity contribution in [3.8, 4) is 0 Å². The molecule has 2 fully saturated rings. The second-order valence-corrected chi connectivity index (χ2v) is 7.10. The quantitative estimate of drug-likeness (QED) is 0.572. The van der Waals surface area contributed by atoms with E-state index in [2.05, 4.69) is 6.58 Å². The highest BCUT2D eigenvalue weighted by molar-refractivity contribution is 5.79. The first-order valence-corrected chi connectivity index (χ1v) is 8.56. The standard InChI is InChI=1S/C18H30O7/c1-7-8-9-12-10-18(20,15(19)21-4)11-13-14(12)25-17(3,23-6)16(2,22-5)24-13/h7,12-14,20H,1,8-11H2,2-6H3/t12-,13+,14+,16-,17-,18-/m0/s1. The monoisotopic (exact) mass is 358 g/mol. The van der Waals surface area contributed by atoms with E-state index in [0.717, 1.165) is 6.42 Å². The van der Waals surface area contributed by atoms with Crippen LogP contribution in [-0.4, -0.2) is 61.8 Å². The van der Waals surface area contributed by atoms with E-state index < -0.39 is 29.2 Å². The van der Waals surface area contributed by atoms with E-state index in [0.29, 0.717) is 6.42 Å². The SMILES string of the molecule is C=CCC[C@H]1C[C@@](O)(C(=O)OC)C[C@H]2O[C@](C)(OC)[C@@](C)(OC)O[C@H]12. The highest BCUT2D eigenvalue weighted by Gasteiger charge is 2.62. The molecule has 1 saturated carbocycles. The van der Waals surface area contributed by atoms with Gasteiger partial charge in [-0.15, -0.1) is 6.58 Å². The third kappa shape index (κ3) is 3.48. The molecule has 1 saturated heterocycles. The van der Waals surface area contributed by atoms with Gasteiger partial charge in [-0.25, -0.2) is 4.79 Å². The minimum Gasteiger partial charge on any atom is -0.467 e. The van der Waals surface area contributed by atoms with Crippen molar-refractivity contribution < 1.29 is 33.6 Å². The van der Waals surface area contributed by atoms with Crippen LogP contribution in [0.2, 0.25) is 0 Å². The Balaban J connectivity index is 2.35. The van der Waals surface area contributed by atoms with Gasteiger partial charge in [0.05, 0.1) is 19.3 Å². The van der Waals surface area contributed by atoms with Crippen molar-refractivity contribution in [1.29, 1.82) is 0 Å². The molecule has 7 heteroatoms. The lowest BCUT2D eigenvalue weighted by molar-refractivity contribution is -0.459. The molecule has 1 N–H and O–H groups in total. The zero-order valence-corrected chi connectivity index (χ0v) is 15.7. The molecule has 2 rings (SSSR count). The molecule has 0 unspecified atom stereocenters. The summed E-state index contributed by atoms with van der Waals surface area (Å²) in [6, 6.07) is 0. The van der Waals surface area contributed by atoms with Crippen LogP contribution in [0.3, 0.4) is 0 Å². The van der Waals surface area contributed by atoms with Crippen LogP contribution in [0.15, 0.2) is 12.7 Å². The van der Waals surface area contributed by atoms with Gasteiger partial charge in [0.1, 0.15) is 0 Å². The van der Waals surface area contributed by atoms with Gasteiger partial charge in [0.25, 0.3) is 0 Å². The van der Waals surface area contributed by atoms with Gasteiger partial charge in [0, 0.05) is 20.6 Å². The lowest BCUT2D eigenvalue weighted by Crippen LogP contribution is -2.69. The maximum atomic E-state index is 12.2. The van der Waals surface area contributed by atoms with E-state index in [1.165, 1.54) is 21.3 Å². The van der Waals surface area contributed by atoms with E-state index in [4.69, 9.17) is 23.7 Å². The number of methoxy groups -OCH3 is 3. The highest BCUT2D eigenvalue weighted by Crippen LogP contribution is 2.48. The van der Waals surface area contributed by atoms with E-state index >= 15 is 0 Å². The average Bonchev–Trinajstić information content (AvgIpc) is 2.60. The van der Waals surface area contributed by atoms with Crippen molar-refractivity contribution in [3.05, 3.63) is 12.7 Å². The van der Waals surface area contributed by atoms with Crippen LogP contribution in [0.1, 0.15) is 39.5 Å². The third-order valence-electron chi connectivity index (χ3n) is 5.62. The van der Waals surface area contributed by atoms with Gasteiger partial charge in [-0.2, -0.15) is 0 Å². The zero-order valence-electron chi connectivity index (χ0n) is 15.7. The number of ether oxygens (including phenoxy) is 5. The first-order chi connectivity index (χ1) is 11.7. The molecule has 0 aromatic heterocycles. The molecule has 0 spiro atoms. The largest absolute Gasteiger partial charge is 0.467 e. The summed E-state index contributed by atoms with van der Waals surface area (Å²) in [6.45, 7) is 7.23. The van der Waals surface area contributed by atoms with Gasteiger partial charge in [0.2, 0.25) is 11.6 Å². The van der Waals surface area contributed by atoms with Crippen LogP contribution in [0.4, 0.5) is 0 Å². The molecule has 7 nitrogen and oxygen atoms in total. The predicted molar refractivity (Wildman–Crippen MR) is 89.7 cm³/mol. The van der Waals surface area contributed by atoms with Crippen molar-refractivity contribution in [2.75, 3.05) is 21.3 Å². The molecule has 0 aromatic carbocycles. The third-order valence-corrected chi connectivity index (χ3v) is 5.62. The number of carbonyl (C=O) groups excluding carboxylic acids is 1. The molecule has 144 valence electrons. The van der Waals surface area contributed by atoms with Crippen LogP contribution in [0.5, 0.6) is 0 Å². The van der Waals surface area contributed by atoms with Crippen LogP contribution >= 0.6 is 0 Å². The van der Waals surface area contributed by atoms with E-state index in [1.54, 1.807) is 19.9 Å². The Bertz CT molecular complexity index is 510. The molecule has 2 aliphatic rings. The fraction of sp³-hybridized carbons (Fsp3) is 0.833. The molecule has 0 amide bonds. The van der Waals surface area contributed by atoms with Crippen LogP contribution in [0.25, 0.3) is 0 Å². The molecular formula is C18H30O7. The Morgan fingerprint density at radius 2 is 1.80 bits per heavy atom. The highest BCUT2D eigenvalue weighted by atomic mass is 16.8. The second-order valence-electron chi connectivity index (χ2n) is 7.10. The first-order valence-electron chi connectivity index (χ1n) is 8.56. The van der Waals surface area contributed by atoms with Gasteiger partial charge in [-0.05, 0) is 39.0 Å². The lowest BCUT2D eigenvalue weighted by atomic mass is 9.72. The summed E-state index contributed by atoms with van der Waals surface area (Å²) in [5.74, 6) is -3.06. The van der Waals surface area contributed by atoms with Crippen molar-refractivity contribution >= 4 is 5.97 Å². The molecule has 0 bridgehead atoms. The Kier molecular flexibility index (Phi) is 5.95. The lowest BCUT2D eigenvalue weighted by Gasteiger charge is -2.56. The molecule has 1 aliphatic heterocycles. The number of fused-ring (bicyclic) bond motifs is 1. The van der Waals surface area contributed by atoms with E-state index in [1.807, 2.05) is 0 Å². The summed E-state index contributed by atoms with van der Waals surface area (Å²) in [4.78, 5) is 12.2. The fourth-order valence-corrected chi connectivity index (χ4v) is 3.85. The molecule has 1 heterocycles. The molecule has 25 heavy (non-hydrogen) atoms. The Morgan fingerprint density at radius 3 is 2.32 bits per heavy atom. The van der Waals surface area contributed by atoms with Crippen molar-refractivity contribution in [2.45, 2.75) is 68.9 Å². The summed E-state index contributed by atoms with van der Waals surface area (Å²) in [5.41, 5.74) is -1.61. The predicted octanol–water partition coefficient (Wildman–Crippen LogP) is 1.78. The fourth-order valence-electron chi connectivity index (χ4n) is 3.85. The van der Waals surface area contributed by atoms with Crippen molar-refractivity contribution in [3.63, 3.8) is 0 Å². The number of rotatable bonds is 6. The van der Waals surface area contributed by atoms with Crippen LogP contribution < -0.4 is 0 Å². The average molecular weight is 358 g/mol. The second kappa shape index (κ2) is 7.32. The summed E-state index contributed by atoms with van der Waals surface area (Å²) >= 11 is 0. The van der Waals surface area contributed by atoms with Crippen molar-refractivity contribution in [1.82, 2.24) is 0 Å². The van der Waals surface area contributed by atoms with Crippen LogP contribution in [0, 0.1) is 5.92 Å². The Hall–Kier alpha value is -0.990. The Morgan fingerprint density at radius 1 is 1.20 bits per heavy atom. The van der Waals surface area contributed by atoms with Gasteiger partial charge >= 0.3 is 5.97 Å². The Labute approximate surface area is 149 Å². The zero-order chi connectivity index (χ0) is 18.9. The van der Waals surface area contributed by atoms with E-state index in [-0.39, 0.29) is 24.9 Å². The number of esters is 1. The maximum Gasteiger partial charge on any atom is 0.337 e. The topological polar surface area (TPSA) is 83.5 Å². The van der Waals surface area contributed by atoms with Crippen molar-refractivity contribution in [2.24, 2.45) is 5.92 Å². The maximum absolute atomic E-state index is 12.2. The summed E-state index contributed by atoms with van der Waals surface area (Å²) < 4.78 is 28.3. The summed E-state index contributed by atoms with van der Waals surface area (Å²) in [7, 11) is 4.31. The van der Waals surface area contributed by atoms with Gasteiger partial charge in [-0.1, -0.05) is 6.08 Å². The summed E-state index contributed by atoms with van der Waals surface area (Å²) in [5, 5.41) is 10.9. The molecule has 6 atom stereocenters. The number of hydrogen-bond acceptors (Lipinski definition) is 7. The molecule has 1 aliphatic carbocycles. The number of carbonyl (C=O) groups is 1. The minimum absolute atomic E-state index is 0.0771. The van der Waals surface area contributed by atoms with Gasteiger partial charge < -0.3 is 28.8 Å². The van der Waals surface area contributed by atoms with Crippen LogP contribution in [-0.2, 0) is 28.5 Å².